The normalized spacial score (nSPS) is 13.9. The summed E-state index contributed by atoms with van der Waals surface area (Å²) in [6.45, 7) is 1.14. The Bertz CT molecular complexity index is 376. The summed E-state index contributed by atoms with van der Waals surface area (Å²) in [5.74, 6) is 0. The Labute approximate surface area is 82.3 Å². The molecule has 1 heterocycles. The quantitative estimate of drug-likeness (QED) is 0.631. The molecule has 0 radical (unpaired) electrons. The van der Waals surface area contributed by atoms with Gasteiger partial charge < -0.3 is 10.5 Å². The third-order valence-corrected chi connectivity index (χ3v) is 2.45. The average Bonchev–Trinajstić information content (AvgIpc) is 2.62. The minimum Gasteiger partial charge on any atom is -0.453 e. The van der Waals surface area contributed by atoms with Crippen molar-refractivity contribution in [2.45, 2.75) is 13.1 Å². The maximum atomic E-state index is 11.3. The van der Waals surface area contributed by atoms with E-state index in [1.165, 1.54) is 7.11 Å². The van der Waals surface area contributed by atoms with E-state index in [4.69, 9.17) is 5.73 Å². The summed E-state index contributed by atoms with van der Waals surface area (Å²) in [6, 6.07) is 5.73. The first kappa shape index (κ1) is 8.87. The van der Waals surface area contributed by atoms with Gasteiger partial charge in [-0.25, -0.2) is 4.79 Å². The molecular weight excluding hydrogens is 180 g/mol. The van der Waals surface area contributed by atoms with Crippen LogP contribution >= 0.6 is 0 Å². The molecule has 4 nitrogen and oxygen atoms in total. The number of hydrogen-bond acceptors (Lipinski definition) is 3. The van der Waals surface area contributed by atoms with E-state index in [-0.39, 0.29) is 6.09 Å². The Kier molecular flexibility index (Phi) is 2.04. The smallest absolute Gasteiger partial charge is 0.410 e. The van der Waals surface area contributed by atoms with Crippen molar-refractivity contribution in [3.05, 3.63) is 29.3 Å². The number of rotatable bonds is 0. The predicted molar refractivity (Wildman–Crippen MR) is 52.5 cm³/mol. The molecule has 1 aromatic rings. The molecule has 2 rings (SSSR count). The molecule has 1 aromatic carbocycles. The molecule has 0 atom stereocenters. The fourth-order valence-corrected chi connectivity index (χ4v) is 1.71. The highest BCUT2D eigenvalue weighted by molar-refractivity contribution is 5.70. The molecule has 2 N–H and O–H groups in total. The number of fused-ring (bicyclic) bond motifs is 1. The van der Waals surface area contributed by atoms with Crippen LogP contribution in [0.15, 0.2) is 18.2 Å². The molecule has 0 aromatic heterocycles. The number of carbonyl (C=O) groups excluding carboxylic acids is 1. The van der Waals surface area contributed by atoms with Gasteiger partial charge in [-0.05, 0) is 17.2 Å². The van der Waals surface area contributed by atoms with Crippen molar-refractivity contribution in [1.29, 1.82) is 0 Å². The molecule has 0 spiro atoms. The number of nitrogens with zero attached hydrogens (tertiary/aromatic N) is 1. The van der Waals surface area contributed by atoms with Gasteiger partial charge in [-0.1, -0.05) is 12.1 Å². The fraction of sp³-hybridized carbons (Fsp3) is 0.300. The highest BCUT2D eigenvalue weighted by Gasteiger charge is 2.24. The van der Waals surface area contributed by atoms with Gasteiger partial charge >= 0.3 is 6.09 Å². The Morgan fingerprint density at radius 3 is 2.93 bits per heavy atom. The highest BCUT2D eigenvalue weighted by Crippen LogP contribution is 2.27. The molecule has 1 aliphatic rings. The largest absolute Gasteiger partial charge is 0.453 e. The SMILES string of the molecule is COC(=O)N1Cc2cccc(N)c2C1. The predicted octanol–water partition coefficient (Wildman–Crippen LogP) is 1.35. The van der Waals surface area contributed by atoms with Crippen molar-refractivity contribution in [2.75, 3.05) is 12.8 Å². The number of nitrogen functional groups attached to an aromatic ring is 1. The lowest BCUT2D eigenvalue weighted by molar-refractivity contribution is 0.123. The van der Waals surface area contributed by atoms with Gasteiger partial charge in [-0.15, -0.1) is 0 Å². The van der Waals surface area contributed by atoms with Crippen molar-refractivity contribution >= 4 is 11.8 Å². The summed E-state index contributed by atoms with van der Waals surface area (Å²) < 4.78 is 4.65. The zero-order valence-corrected chi connectivity index (χ0v) is 7.99. The maximum absolute atomic E-state index is 11.3. The van der Waals surface area contributed by atoms with Crippen LogP contribution in [0.4, 0.5) is 10.5 Å². The van der Waals surface area contributed by atoms with E-state index in [2.05, 4.69) is 4.74 Å². The molecule has 1 amide bonds. The zero-order chi connectivity index (χ0) is 10.1. The minimum atomic E-state index is -0.305. The van der Waals surface area contributed by atoms with Crippen molar-refractivity contribution in [1.82, 2.24) is 4.90 Å². The van der Waals surface area contributed by atoms with Gasteiger partial charge in [-0.2, -0.15) is 0 Å². The van der Waals surface area contributed by atoms with Gasteiger partial charge in [0.1, 0.15) is 0 Å². The second-order valence-electron chi connectivity index (χ2n) is 3.31. The maximum Gasteiger partial charge on any atom is 0.410 e. The van der Waals surface area contributed by atoms with Crippen molar-refractivity contribution in [3.8, 4) is 0 Å². The molecule has 14 heavy (non-hydrogen) atoms. The number of nitrogens with two attached hydrogens (primary N) is 1. The summed E-state index contributed by atoms with van der Waals surface area (Å²) in [5.41, 5.74) is 8.69. The zero-order valence-electron chi connectivity index (χ0n) is 7.99. The van der Waals surface area contributed by atoms with Gasteiger partial charge in [0.15, 0.2) is 0 Å². The van der Waals surface area contributed by atoms with Crippen LogP contribution in [0.5, 0.6) is 0 Å². The first-order valence-corrected chi connectivity index (χ1v) is 4.41. The Morgan fingerprint density at radius 2 is 2.29 bits per heavy atom. The number of anilines is 1. The van der Waals surface area contributed by atoms with Gasteiger partial charge in [0.2, 0.25) is 0 Å². The summed E-state index contributed by atoms with van der Waals surface area (Å²) in [6.07, 6.45) is -0.305. The standard InChI is InChI=1S/C10H12N2O2/c1-14-10(13)12-5-7-3-2-4-9(11)8(7)6-12/h2-4H,5-6,11H2,1H3. The number of ether oxygens (including phenoxy) is 1. The third-order valence-electron chi connectivity index (χ3n) is 2.45. The van der Waals surface area contributed by atoms with Crippen LogP contribution in [-0.2, 0) is 17.8 Å². The molecule has 0 unspecified atom stereocenters. The Balaban J connectivity index is 2.26. The Morgan fingerprint density at radius 1 is 1.50 bits per heavy atom. The van der Waals surface area contributed by atoms with Gasteiger partial charge in [0, 0.05) is 12.2 Å². The first-order chi connectivity index (χ1) is 6.72. The van der Waals surface area contributed by atoms with Crippen LogP contribution in [0.2, 0.25) is 0 Å². The first-order valence-electron chi connectivity index (χ1n) is 4.41. The van der Waals surface area contributed by atoms with Crippen molar-refractivity contribution < 1.29 is 9.53 Å². The van der Waals surface area contributed by atoms with Crippen LogP contribution in [0.1, 0.15) is 11.1 Å². The van der Waals surface area contributed by atoms with E-state index in [0.29, 0.717) is 13.1 Å². The van der Waals surface area contributed by atoms with E-state index < -0.39 is 0 Å². The van der Waals surface area contributed by atoms with E-state index in [1.54, 1.807) is 4.90 Å². The lowest BCUT2D eigenvalue weighted by atomic mass is 10.1. The number of benzene rings is 1. The summed E-state index contributed by atoms with van der Waals surface area (Å²) in [7, 11) is 1.38. The highest BCUT2D eigenvalue weighted by atomic mass is 16.5. The monoisotopic (exact) mass is 192 g/mol. The number of hydrogen-bond donors (Lipinski definition) is 1. The van der Waals surface area contributed by atoms with Crippen LogP contribution < -0.4 is 5.73 Å². The number of carbonyl (C=O) groups is 1. The van der Waals surface area contributed by atoms with Crippen LogP contribution in [-0.4, -0.2) is 18.1 Å². The molecular formula is C10H12N2O2. The van der Waals surface area contributed by atoms with Gasteiger partial charge in [0.25, 0.3) is 0 Å². The molecule has 0 saturated heterocycles. The molecule has 1 aliphatic heterocycles. The van der Waals surface area contributed by atoms with Crippen molar-refractivity contribution in [2.24, 2.45) is 0 Å². The second kappa shape index (κ2) is 3.21. The third kappa shape index (κ3) is 1.28. The molecule has 4 heteroatoms. The lowest BCUT2D eigenvalue weighted by Crippen LogP contribution is -2.24. The van der Waals surface area contributed by atoms with Crippen LogP contribution in [0.3, 0.4) is 0 Å². The molecule has 0 saturated carbocycles. The molecule has 0 aliphatic carbocycles. The number of amides is 1. The topological polar surface area (TPSA) is 55.6 Å². The average molecular weight is 192 g/mol. The lowest BCUT2D eigenvalue weighted by Gasteiger charge is -2.12. The van der Waals surface area contributed by atoms with Gasteiger partial charge in [-0.3, -0.25) is 4.90 Å². The van der Waals surface area contributed by atoms with Crippen molar-refractivity contribution in [3.63, 3.8) is 0 Å². The number of methoxy groups -OCH3 is 1. The Hall–Kier alpha value is -1.71. The van der Waals surface area contributed by atoms with E-state index >= 15 is 0 Å². The molecule has 74 valence electrons. The summed E-state index contributed by atoms with van der Waals surface area (Å²) >= 11 is 0. The molecule has 0 bridgehead atoms. The fourth-order valence-electron chi connectivity index (χ4n) is 1.71. The van der Waals surface area contributed by atoms with Crippen LogP contribution in [0, 0.1) is 0 Å². The van der Waals surface area contributed by atoms with E-state index in [1.807, 2.05) is 18.2 Å². The summed E-state index contributed by atoms with van der Waals surface area (Å²) in [4.78, 5) is 12.9. The van der Waals surface area contributed by atoms with Crippen LogP contribution in [0.25, 0.3) is 0 Å². The van der Waals surface area contributed by atoms with E-state index in [0.717, 1.165) is 16.8 Å². The van der Waals surface area contributed by atoms with Gasteiger partial charge in [0.05, 0.1) is 13.7 Å². The summed E-state index contributed by atoms with van der Waals surface area (Å²) in [5, 5.41) is 0. The second-order valence-corrected chi connectivity index (χ2v) is 3.31. The molecule has 0 fully saturated rings. The van der Waals surface area contributed by atoms with E-state index in [9.17, 15) is 4.79 Å². The minimum absolute atomic E-state index is 0.305.